The van der Waals surface area contributed by atoms with Crippen LogP contribution in [0.15, 0.2) is 31.1 Å². The molecule has 5 rings (SSSR count). The van der Waals surface area contributed by atoms with Crippen LogP contribution < -0.4 is 9.47 Å². The summed E-state index contributed by atoms with van der Waals surface area (Å²) in [5, 5.41) is 0. The van der Waals surface area contributed by atoms with Gasteiger partial charge in [0.25, 0.3) is 5.91 Å². The van der Waals surface area contributed by atoms with Gasteiger partial charge in [-0.05, 0) is 13.0 Å². The molecule has 4 aromatic rings. The average Bonchev–Trinajstić information content (AvgIpc) is 3.57. The minimum atomic E-state index is -0.582. The Hall–Kier alpha value is -4.09. The number of fused-ring (bicyclic) bond motifs is 1. The highest BCUT2D eigenvalue weighted by atomic mass is 19.1. The van der Waals surface area contributed by atoms with Crippen molar-refractivity contribution in [2.24, 2.45) is 7.05 Å². The van der Waals surface area contributed by atoms with Gasteiger partial charge in [-0.2, -0.15) is 4.98 Å². The van der Waals surface area contributed by atoms with Gasteiger partial charge in [-0.25, -0.2) is 24.3 Å². The van der Waals surface area contributed by atoms with Gasteiger partial charge in [0, 0.05) is 38.3 Å². The zero-order chi connectivity index (χ0) is 23.8. The first-order valence-corrected chi connectivity index (χ1v) is 10.8. The van der Waals surface area contributed by atoms with E-state index in [0.717, 1.165) is 0 Å². The maximum atomic E-state index is 14.3. The number of carbonyl (C=O) groups is 1. The second kappa shape index (κ2) is 8.69. The molecule has 4 aromatic heterocycles. The first-order chi connectivity index (χ1) is 16.5. The molecule has 34 heavy (non-hydrogen) atoms. The van der Waals surface area contributed by atoms with Crippen molar-refractivity contribution in [2.45, 2.75) is 26.0 Å². The van der Waals surface area contributed by atoms with Crippen molar-refractivity contribution in [3.8, 4) is 23.1 Å². The van der Waals surface area contributed by atoms with Gasteiger partial charge in [0.15, 0.2) is 17.0 Å². The molecule has 1 fully saturated rings. The summed E-state index contributed by atoms with van der Waals surface area (Å²) in [4.78, 5) is 35.9. The van der Waals surface area contributed by atoms with Crippen LogP contribution in [0.4, 0.5) is 4.39 Å². The summed E-state index contributed by atoms with van der Waals surface area (Å²) in [5.41, 5.74) is 2.04. The van der Waals surface area contributed by atoms with Gasteiger partial charge in [-0.1, -0.05) is 0 Å². The van der Waals surface area contributed by atoms with Crippen LogP contribution in [-0.4, -0.2) is 71.2 Å². The summed E-state index contributed by atoms with van der Waals surface area (Å²) >= 11 is 0. The fourth-order valence-electron chi connectivity index (χ4n) is 4.11. The van der Waals surface area contributed by atoms with Crippen molar-refractivity contribution in [3.05, 3.63) is 42.6 Å². The summed E-state index contributed by atoms with van der Waals surface area (Å²) in [5.74, 6) is 0.0571. The monoisotopic (exact) mass is 466 g/mol. The molecule has 1 unspecified atom stereocenters. The molecule has 176 valence electrons. The maximum absolute atomic E-state index is 14.3. The van der Waals surface area contributed by atoms with Crippen LogP contribution in [0.1, 0.15) is 23.8 Å². The fourth-order valence-corrected chi connectivity index (χ4v) is 4.11. The first-order valence-electron chi connectivity index (χ1n) is 10.8. The highest BCUT2D eigenvalue weighted by molar-refractivity contribution is 5.92. The fraction of sp³-hybridized carbons (Fsp3) is 0.364. The van der Waals surface area contributed by atoms with E-state index in [4.69, 9.17) is 9.47 Å². The van der Waals surface area contributed by atoms with E-state index in [1.54, 1.807) is 29.0 Å². The van der Waals surface area contributed by atoms with E-state index < -0.39 is 5.82 Å². The van der Waals surface area contributed by atoms with Gasteiger partial charge >= 0.3 is 0 Å². The van der Waals surface area contributed by atoms with E-state index in [1.165, 1.54) is 25.7 Å². The quantitative estimate of drug-likeness (QED) is 0.425. The van der Waals surface area contributed by atoms with E-state index >= 15 is 0 Å². The van der Waals surface area contributed by atoms with Crippen molar-refractivity contribution < 1.29 is 18.7 Å². The molecule has 0 N–H and O–H groups in total. The van der Waals surface area contributed by atoms with Gasteiger partial charge in [0.05, 0.1) is 26.2 Å². The molecule has 1 amide bonds. The lowest BCUT2D eigenvalue weighted by atomic mass is 10.2. The van der Waals surface area contributed by atoms with Crippen LogP contribution in [-0.2, 0) is 13.6 Å². The number of imidazole rings is 2. The van der Waals surface area contributed by atoms with Gasteiger partial charge in [0.2, 0.25) is 11.8 Å². The number of carbonyl (C=O) groups excluding carboxylic acids is 1. The lowest BCUT2D eigenvalue weighted by Crippen LogP contribution is -2.32. The summed E-state index contributed by atoms with van der Waals surface area (Å²) in [7, 11) is 3.15. The second-order valence-corrected chi connectivity index (χ2v) is 7.92. The number of hydrogen-bond acceptors (Lipinski definition) is 8. The third-order valence-corrected chi connectivity index (χ3v) is 5.82. The summed E-state index contributed by atoms with van der Waals surface area (Å²) in [6.07, 6.45) is 6.48. The Labute approximate surface area is 194 Å². The van der Waals surface area contributed by atoms with Crippen LogP contribution in [0, 0.1) is 5.82 Å². The zero-order valence-electron chi connectivity index (χ0n) is 19.0. The Morgan fingerprint density at radius 2 is 2.09 bits per heavy atom. The Morgan fingerprint density at radius 3 is 2.79 bits per heavy atom. The molecule has 1 aliphatic heterocycles. The Morgan fingerprint density at radius 1 is 1.24 bits per heavy atom. The number of methoxy groups -OCH3 is 1. The highest BCUT2D eigenvalue weighted by Crippen LogP contribution is 2.30. The van der Waals surface area contributed by atoms with Crippen molar-refractivity contribution >= 4 is 17.1 Å². The smallest absolute Gasteiger partial charge is 0.272 e. The van der Waals surface area contributed by atoms with Crippen LogP contribution in [0.25, 0.3) is 22.6 Å². The standard InChI is InChI=1S/C22H23FN8O3/c1-4-31-18(13-7-15(23)20(33-3)25-8-13)28-17-19(31)26-11-27-21(17)34-14-5-6-30(10-14)22(32)16-9-24-12-29(16)2/h7-9,11-12,14H,4-6,10H2,1-3H3. The molecular weight excluding hydrogens is 443 g/mol. The van der Waals surface area contributed by atoms with E-state index in [9.17, 15) is 9.18 Å². The Kier molecular flexibility index (Phi) is 5.56. The molecule has 0 bridgehead atoms. The first kappa shape index (κ1) is 21.7. The highest BCUT2D eigenvalue weighted by Gasteiger charge is 2.31. The van der Waals surface area contributed by atoms with Crippen LogP contribution in [0.5, 0.6) is 11.8 Å². The molecule has 0 aromatic carbocycles. The number of aromatic nitrogens is 7. The lowest BCUT2D eigenvalue weighted by Gasteiger charge is -2.17. The molecule has 0 saturated carbocycles. The predicted molar refractivity (Wildman–Crippen MR) is 119 cm³/mol. The molecule has 0 spiro atoms. The van der Waals surface area contributed by atoms with Gasteiger partial charge in [0.1, 0.15) is 23.9 Å². The van der Waals surface area contributed by atoms with Crippen molar-refractivity contribution in [1.82, 2.24) is 39.0 Å². The number of rotatable bonds is 6. The Balaban J connectivity index is 1.42. The number of amides is 1. The van der Waals surface area contributed by atoms with Gasteiger partial charge < -0.3 is 23.5 Å². The number of ether oxygens (including phenoxy) is 2. The molecule has 1 aliphatic rings. The molecular formula is C22H23FN8O3. The van der Waals surface area contributed by atoms with Gasteiger partial charge in [-0.3, -0.25) is 4.79 Å². The van der Waals surface area contributed by atoms with Gasteiger partial charge in [-0.15, -0.1) is 0 Å². The SMILES string of the molecule is CCn1c(-c2cnc(OC)c(F)c2)nc2c(OC3CCN(C(=O)c4cncn4C)C3)ncnc21. The number of likely N-dealkylation sites (tertiary alicyclic amines) is 1. The third kappa shape index (κ3) is 3.70. The van der Waals surface area contributed by atoms with E-state index in [2.05, 4.69) is 24.9 Å². The van der Waals surface area contributed by atoms with Crippen molar-refractivity contribution in [2.75, 3.05) is 20.2 Å². The van der Waals surface area contributed by atoms with Crippen molar-refractivity contribution in [3.63, 3.8) is 0 Å². The number of hydrogen-bond donors (Lipinski definition) is 0. The van der Waals surface area contributed by atoms with E-state index in [0.29, 0.717) is 60.2 Å². The minimum absolute atomic E-state index is 0.0850. The molecule has 11 nitrogen and oxygen atoms in total. The van der Waals surface area contributed by atoms with E-state index in [1.807, 2.05) is 11.5 Å². The lowest BCUT2D eigenvalue weighted by molar-refractivity contribution is 0.0762. The largest absolute Gasteiger partial charge is 0.479 e. The summed E-state index contributed by atoms with van der Waals surface area (Å²) in [6, 6.07) is 1.33. The van der Waals surface area contributed by atoms with Crippen LogP contribution in [0.3, 0.4) is 0 Å². The van der Waals surface area contributed by atoms with Crippen molar-refractivity contribution in [1.29, 1.82) is 0 Å². The normalized spacial score (nSPS) is 15.8. The molecule has 1 saturated heterocycles. The molecule has 0 radical (unpaired) electrons. The molecule has 5 heterocycles. The predicted octanol–water partition coefficient (Wildman–Crippen LogP) is 2.08. The van der Waals surface area contributed by atoms with Crippen LogP contribution >= 0.6 is 0 Å². The number of halogens is 1. The summed E-state index contributed by atoms with van der Waals surface area (Å²) < 4.78 is 28.9. The third-order valence-electron chi connectivity index (χ3n) is 5.82. The Bertz CT molecular complexity index is 1370. The van der Waals surface area contributed by atoms with Crippen LogP contribution in [0.2, 0.25) is 0 Å². The molecule has 12 heteroatoms. The number of pyridine rings is 1. The van der Waals surface area contributed by atoms with E-state index in [-0.39, 0.29) is 17.9 Å². The summed E-state index contributed by atoms with van der Waals surface area (Å²) in [6.45, 7) is 3.48. The maximum Gasteiger partial charge on any atom is 0.272 e. The number of nitrogens with zero attached hydrogens (tertiary/aromatic N) is 8. The minimum Gasteiger partial charge on any atom is -0.479 e. The molecule has 1 atom stereocenters. The zero-order valence-corrected chi connectivity index (χ0v) is 19.0. The molecule has 0 aliphatic carbocycles. The topological polar surface area (TPSA) is 113 Å². The second-order valence-electron chi connectivity index (χ2n) is 7.92. The average molecular weight is 466 g/mol. The number of aryl methyl sites for hydroxylation is 2.